The normalized spacial score (nSPS) is 10.6. The molecule has 0 saturated heterocycles. The highest BCUT2D eigenvalue weighted by molar-refractivity contribution is 5.98. The van der Waals surface area contributed by atoms with Gasteiger partial charge in [0.2, 0.25) is 0 Å². The molecule has 134 valence electrons. The van der Waals surface area contributed by atoms with Gasteiger partial charge < -0.3 is 14.8 Å². The number of carbonyl (C=O) groups is 1. The molecule has 3 rings (SSSR count). The average Bonchev–Trinajstić information content (AvgIpc) is 2.67. The van der Waals surface area contributed by atoms with Crippen LogP contribution in [0.3, 0.4) is 0 Å². The smallest absolute Gasteiger partial charge is 0.253 e. The van der Waals surface area contributed by atoms with Gasteiger partial charge in [-0.25, -0.2) is 0 Å². The van der Waals surface area contributed by atoms with E-state index in [1.165, 1.54) is 0 Å². The van der Waals surface area contributed by atoms with E-state index in [4.69, 9.17) is 9.47 Å². The lowest BCUT2D eigenvalue weighted by atomic mass is 10.1. The first kappa shape index (κ1) is 17.7. The summed E-state index contributed by atoms with van der Waals surface area (Å²) in [7, 11) is 3.27. The van der Waals surface area contributed by atoms with Crippen molar-refractivity contribution in [1.29, 1.82) is 0 Å². The van der Waals surface area contributed by atoms with E-state index in [0.717, 1.165) is 28.0 Å². The first-order valence-corrected chi connectivity index (χ1v) is 8.48. The van der Waals surface area contributed by atoms with E-state index < -0.39 is 0 Å². The summed E-state index contributed by atoms with van der Waals surface area (Å²) < 4.78 is 10.6. The molecule has 26 heavy (non-hydrogen) atoms. The summed E-state index contributed by atoms with van der Waals surface area (Å²) >= 11 is 0. The summed E-state index contributed by atoms with van der Waals surface area (Å²) in [4.78, 5) is 17.1. The van der Waals surface area contributed by atoms with Crippen LogP contribution in [0, 0.1) is 6.92 Å². The van der Waals surface area contributed by atoms with Gasteiger partial charge in [0, 0.05) is 18.0 Å². The Morgan fingerprint density at radius 3 is 2.65 bits per heavy atom. The van der Waals surface area contributed by atoms with Crippen LogP contribution in [-0.2, 0) is 6.42 Å². The molecule has 0 atom stereocenters. The Kier molecular flexibility index (Phi) is 5.37. The van der Waals surface area contributed by atoms with Crippen molar-refractivity contribution in [3.63, 3.8) is 0 Å². The number of carbonyl (C=O) groups excluding carboxylic acids is 1. The molecule has 1 aromatic heterocycles. The number of nitrogens with one attached hydrogen (secondary N) is 1. The molecule has 0 saturated carbocycles. The number of ether oxygens (including phenoxy) is 2. The van der Waals surface area contributed by atoms with Gasteiger partial charge in [0.05, 0.1) is 31.0 Å². The quantitative estimate of drug-likeness (QED) is 0.739. The van der Waals surface area contributed by atoms with E-state index in [0.29, 0.717) is 24.2 Å². The number of benzene rings is 2. The van der Waals surface area contributed by atoms with Crippen LogP contribution in [0.1, 0.15) is 21.6 Å². The van der Waals surface area contributed by atoms with E-state index >= 15 is 0 Å². The van der Waals surface area contributed by atoms with E-state index in [1.807, 2.05) is 55.5 Å². The minimum absolute atomic E-state index is 0.123. The van der Waals surface area contributed by atoms with Crippen molar-refractivity contribution >= 4 is 16.8 Å². The molecule has 1 N–H and O–H groups in total. The standard InChI is InChI=1S/C21H22N2O3/c1-14-18(12-16-8-9-17(25-2)13-19(16)23-14)21(24)22-11-10-15-6-4-5-7-20(15)26-3/h4-9,12-13H,10-11H2,1-3H3,(H,22,24). The molecule has 3 aromatic rings. The van der Waals surface area contributed by atoms with E-state index in [1.54, 1.807) is 14.2 Å². The summed E-state index contributed by atoms with van der Waals surface area (Å²) in [6.45, 7) is 2.37. The molecule has 0 aliphatic rings. The van der Waals surface area contributed by atoms with Gasteiger partial charge in [-0.15, -0.1) is 0 Å². The predicted molar refractivity (Wildman–Crippen MR) is 102 cm³/mol. The average molecular weight is 350 g/mol. The van der Waals surface area contributed by atoms with Crippen LogP contribution in [0.2, 0.25) is 0 Å². The van der Waals surface area contributed by atoms with Crippen LogP contribution < -0.4 is 14.8 Å². The van der Waals surface area contributed by atoms with Crippen LogP contribution in [0.25, 0.3) is 10.9 Å². The Morgan fingerprint density at radius 1 is 1.08 bits per heavy atom. The highest BCUT2D eigenvalue weighted by atomic mass is 16.5. The van der Waals surface area contributed by atoms with Crippen LogP contribution in [0.5, 0.6) is 11.5 Å². The first-order valence-electron chi connectivity index (χ1n) is 8.48. The number of nitrogens with zero attached hydrogens (tertiary/aromatic N) is 1. The van der Waals surface area contributed by atoms with Crippen LogP contribution >= 0.6 is 0 Å². The SMILES string of the molecule is COc1ccc2cc(C(=O)NCCc3ccccc3OC)c(C)nc2c1. The van der Waals surface area contributed by atoms with E-state index in [9.17, 15) is 4.79 Å². The number of hydrogen-bond donors (Lipinski definition) is 1. The zero-order valence-electron chi connectivity index (χ0n) is 15.2. The second-order valence-corrected chi connectivity index (χ2v) is 6.00. The number of pyridine rings is 1. The minimum Gasteiger partial charge on any atom is -0.497 e. The molecule has 1 amide bonds. The Morgan fingerprint density at radius 2 is 1.88 bits per heavy atom. The fourth-order valence-corrected chi connectivity index (χ4v) is 2.92. The minimum atomic E-state index is -0.123. The van der Waals surface area contributed by atoms with E-state index in [2.05, 4.69) is 10.3 Å². The van der Waals surface area contributed by atoms with Gasteiger partial charge in [0.25, 0.3) is 5.91 Å². The maximum absolute atomic E-state index is 12.6. The molecule has 2 aromatic carbocycles. The van der Waals surface area contributed by atoms with Crippen molar-refractivity contribution < 1.29 is 14.3 Å². The zero-order chi connectivity index (χ0) is 18.5. The Hall–Kier alpha value is -3.08. The van der Waals surface area contributed by atoms with Crippen molar-refractivity contribution in [2.24, 2.45) is 0 Å². The Bertz CT molecular complexity index is 938. The summed E-state index contributed by atoms with van der Waals surface area (Å²) in [5.41, 5.74) is 3.16. The predicted octanol–water partition coefficient (Wildman–Crippen LogP) is 3.53. The molecular weight excluding hydrogens is 328 g/mol. The fourth-order valence-electron chi connectivity index (χ4n) is 2.92. The van der Waals surface area contributed by atoms with Crippen molar-refractivity contribution in [1.82, 2.24) is 10.3 Å². The highest BCUT2D eigenvalue weighted by Gasteiger charge is 2.12. The number of amides is 1. The number of methoxy groups -OCH3 is 2. The maximum atomic E-state index is 12.6. The lowest BCUT2D eigenvalue weighted by Gasteiger charge is -2.11. The Labute approximate surface area is 153 Å². The van der Waals surface area contributed by atoms with Crippen molar-refractivity contribution in [2.75, 3.05) is 20.8 Å². The molecular formula is C21H22N2O3. The Balaban J connectivity index is 1.72. The largest absolute Gasteiger partial charge is 0.497 e. The molecule has 5 nitrogen and oxygen atoms in total. The van der Waals surface area contributed by atoms with Gasteiger partial charge >= 0.3 is 0 Å². The summed E-state index contributed by atoms with van der Waals surface area (Å²) in [6, 6.07) is 15.3. The van der Waals surface area contributed by atoms with Crippen LogP contribution in [-0.4, -0.2) is 31.7 Å². The van der Waals surface area contributed by atoms with Gasteiger partial charge in [0.15, 0.2) is 0 Å². The second-order valence-electron chi connectivity index (χ2n) is 6.00. The van der Waals surface area contributed by atoms with Crippen molar-refractivity contribution in [2.45, 2.75) is 13.3 Å². The summed E-state index contributed by atoms with van der Waals surface area (Å²) in [5, 5.41) is 3.88. The van der Waals surface area contributed by atoms with Crippen molar-refractivity contribution in [3.8, 4) is 11.5 Å². The summed E-state index contributed by atoms with van der Waals surface area (Å²) in [5.74, 6) is 1.46. The molecule has 0 fully saturated rings. The molecule has 0 unspecified atom stereocenters. The molecule has 0 radical (unpaired) electrons. The molecule has 5 heteroatoms. The topological polar surface area (TPSA) is 60.5 Å². The fraction of sp³-hybridized carbons (Fsp3) is 0.238. The third kappa shape index (κ3) is 3.77. The number of para-hydroxylation sites is 1. The monoisotopic (exact) mass is 350 g/mol. The summed E-state index contributed by atoms with van der Waals surface area (Å²) in [6.07, 6.45) is 0.701. The van der Waals surface area contributed by atoms with Gasteiger partial charge in [-0.1, -0.05) is 18.2 Å². The first-order chi connectivity index (χ1) is 12.6. The molecule has 0 spiro atoms. The number of hydrogen-bond acceptors (Lipinski definition) is 4. The maximum Gasteiger partial charge on any atom is 0.253 e. The lowest BCUT2D eigenvalue weighted by molar-refractivity contribution is 0.0953. The highest BCUT2D eigenvalue weighted by Crippen LogP contribution is 2.22. The van der Waals surface area contributed by atoms with E-state index in [-0.39, 0.29) is 5.91 Å². The molecule has 0 aliphatic carbocycles. The number of fused-ring (bicyclic) bond motifs is 1. The number of aromatic nitrogens is 1. The molecule has 0 aliphatic heterocycles. The number of aryl methyl sites for hydroxylation is 1. The third-order valence-electron chi connectivity index (χ3n) is 4.33. The zero-order valence-corrected chi connectivity index (χ0v) is 15.2. The van der Waals surface area contributed by atoms with Gasteiger partial charge in [-0.3, -0.25) is 9.78 Å². The second kappa shape index (κ2) is 7.87. The van der Waals surface area contributed by atoms with Crippen molar-refractivity contribution in [3.05, 3.63) is 65.4 Å². The third-order valence-corrected chi connectivity index (χ3v) is 4.33. The van der Waals surface area contributed by atoms with Crippen LogP contribution in [0.15, 0.2) is 48.5 Å². The number of rotatable bonds is 6. The van der Waals surface area contributed by atoms with Gasteiger partial charge in [0.1, 0.15) is 11.5 Å². The van der Waals surface area contributed by atoms with Gasteiger partial charge in [-0.2, -0.15) is 0 Å². The molecule has 1 heterocycles. The van der Waals surface area contributed by atoms with Gasteiger partial charge in [-0.05, 0) is 43.2 Å². The molecule has 0 bridgehead atoms. The lowest BCUT2D eigenvalue weighted by Crippen LogP contribution is -2.26. The van der Waals surface area contributed by atoms with Crippen LogP contribution in [0.4, 0.5) is 0 Å².